The molecule has 0 radical (unpaired) electrons. The van der Waals surface area contributed by atoms with E-state index in [4.69, 9.17) is 28.2 Å². The normalized spacial score (nSPS) is 12.3. The van der Waals surface area contributed by atoms with Gasteiger partial charge in [0, 0.05) is 55.1 Å². The van der Waals surface area contributed by atoms with E-state index in [1.807, 2.05) is 24.8 Å². The number of likely N-dealkylation sites (N-methyl/N-ethyl adjacent to an activating group) is 1. The van der Waals surface area contributed by atoms with E-state index in [9.17, 15) is 31.7 Å². The smallest absolute Gasteiger partial charge is 0.275 e. The maximum absolute atomic E-state index is 14.5. The molecule has 0 aliphatic rings. The van der Waals surface area contributed by atoms with Crippen molar-refractivity contribution in [2.24, 2.45) is 4.99 Å². The number of aliphatic imine (C=N–C) groups is 1. The average molecular weight is 938 g/mol. The Morgan fingerprint density at radius 3 is 1.87 bits per heavy atom. The summed E-state index contributed by atoms with van der Waals surface area (Å²) < 4.78 is 55.8. The van der Waals surface area contributed by atoms with Crippen molar-refractivity contribution in [3.05, 3.63) is 84.4 Å². The average Bonchev–Trinajstić information content (AvgIpc) is 3.18. The SMILES string of the molecule is CCCCCCCCN(CCCCCCCC)S(=O)(=O)c1cc(Cl)c(NC(=O)C(=Nc2ccc(N(CC)CCNS(C)(=O)=O)cc2C)c2c(C)cc(C)c([N+](=O)[O-])c2C)cc1Cl. The Hall–Kier alpha value is -3.60. The van der Waals surface area contributed by atoms with E-state index < -0.39 is 30.9 Å². The Morgan fingerprint density at radius 1 is 0.758 bits per heavy atom. The van der Waals surface area contributed by atoms with Crippen LogP contribution in [0.1, 0.15) is 126 Å². The number of nitrogens with one attached hydrogen (secondary N) is 2. The minimum atomic E-state index is -4.07. The predicted molar refractivity (Wildman–Crippen MR) is 256 cm³/mol. The number of sulfonamides is 2. The number of halogens is 2. The van der Waals surface area contributed by atoms with Crippen LogP contribution in [0.3, 0.4) is 0 Å². The van der Waals surface area contributed by atoms with Gasteiger partial charge in [-0.05, 0) is 95.0 Å². The van der Waals surface area contributed by atoms with E-state index >= 15 is 0 Å². The van der Waals surface area contributed by atoms with Crippen LogP contribution in [0, 0.1) is 37.8 Å². The van der Waals surface area contributed by atoms with Crippen LogP contribution >= 0.6 is 23.2 Å². The lowest BCUT2D eigenvalue weighted by Gasteiger charge is -2.24. The van der Waals surface area contributed by atoms with Crippen molar-refractivity contribution >= 4 is 77.6 Å². The second-order valence-corrected chi connectivity index (χ2v) is 20.5. The molecule has 0 saturated heterocycles. The van der Waals surface area contributed by atoms with Crippen molar-refractivity contribution in [2.75, 3.05) is 49.2 Å². The summed E-state index contributed by atoms with van der Waals surface area (Å²) in [7, 11) is -7.43. The molecule has 0 fully saturated rings. The van der Waals surface area contributed by atoms with Gasteiger partial charge in [-0.1, -0.05) is 101 Å². The molecule has 13 nitrogen and oxygen atoms in total. The highest BCUT2D eigenvalue weighted by molar-refractivity contribution is 7.89. The van der Waals surface area contributed by atoms with Gasteiger partial charge in [0.2, 0.25) is 20.0 Å². The van der Waals surface area contributed by atoms with Gasteiger partial charge in [-0.15, -0.1) is 0 Å². The fraction of sp³-hybridized carbons (Fsp3) is 0.556. The lowest BCUT2D eigenvalue weighted by Crippen LogP contribution is -2.34. The summed E-state index contributed by atoms with van der Waals surface area (Å²) in [6, 6.07) is 9.61. The van der Waals surface area contributed by atoms with Crippen LogP contribution < -0.4 is 14.9 Å². The summed E-state index contributed by atoms with van der Waals surface area (Å²) >= 11 is 13.6. The summed E-state index contributed by atoms with van der Waals surface area (Å²) in [6.07, 6.45) is 13.2. The van der Waals surface area contributed by atoms with Gasteiger partial charge in [0.15, 0.2) is 0 Å². The summed E-state index contributed by atoms with van der Waals surface area (Å²) in [5.74, 6) is -0.749. The molecule has 0 saturated carbocycles. The van der Waals surface area contributed by atoms with E-state index in [1.54, 1.807) is 39.0 Å². The summed E-state index contributed by atoms with van der Waals surface area (Å²) in [4.78, 5) is 32.9. The molecule has 62 heavy (non-hydrogen) atoms. The van der Waals surface area contributed by atoms with Gasteiger partial charge in [0.05, 0.1) is 32.6 Å². The quantitative estimate of drug-likeness (QED) is 0.0329. The Balaban J connectivity index is 2.06. The van der Waals surface area contributed by atoms with Crippen LogP contribution in [0.2, 0.25) is 10.0 Å². The fourth-order valence-electron chi connectivity index (χ4n) is 7.59. The van der Waals surface area contributed by atoms with Crippen LogP contribution in [0.5, 0.6) is 0 Å². The highest BCUT2D eigenvalue weighted by Crippen LogP contribution is 2.36. The number of carbonyl (C=O) groups is 1. The number of nitro benzene ring substituents is 1. The molecular formula is C45H66Cl2N6O7S2. The van der Waals surface area contributed by atoms with Crippen molar-refractivity contribution < 1.29 is 26.6 Å². The molecule has 0 aromatic heterocycles. The molecule has 2 N–H and O–H groups in total. The Bertz CT molecular complexity index is 2250. The molecule has 0 aliphatic carbocycles. The predicted octanol–water partition coefficient (Wildman–Crippen LogP) is 11.0. The molecule has 0 unspecified atom stereocenters. The van der Waals surface area contributed by atoms with Crippen molar-refractivity contribution in [3.8, 4) is 0 Å². The molecular weight excluding hydrogens is 872 g/mol. The molecule has 344 valence electrons. The molecule has 0 spiro atoms. The number of rotatable bonds is 27. The Morgan fingerprint density at radius 2 is 1.34 bits per heavy atom. The molecule has 1 amide bonds. The van der Waals surface area contributed by atoms with Gasteiger partial charge >= 0.3 is 0 Å². The first-order valence-electron chi connectivity index (χ1n) is 21.7. The molecule has 0 aliphatic heterocycles. The molecule has 3 aromatic rings. The first-order valence-corrected chi connectivity index (χ1v) is 25.8. The van der Waals surface area contributed by atoms with Crippen molar-refractivity contribution in [2.45, 2.75) is 130 Å². The van der Waals surface area contributed by atoms with E-state index in [0.29, 0.717) is 48.6 Å². The van der Waals surface area contributed by atoms with Crippen molar-refractivity contribution in [1.82, 2.24) is 9.03 Å². The number of unbranched alkanes of at least 4 members (excludes halogenated alkanes) is 10. The number of carbonyl (C=O) groups excluding carboxylic acids is 1. The maximum atomic E-state index is 14.5. The number of nitro groups is 1. The number of amides is 1. The Labute approximate surface area is 380 Å². The van der Waals surface area contributed by atoms with Crippen LogP contribution in [-0.2, 0) is 24.8 Å². The van der Waals surface area contributed by atoms with Crippen molar-refractivity contribution in [1.29, 1.82) is 0 Å². The first kappa shape index (κ1) is 52.7. The maximum Gasteiger partial charge on any atom is 0.275 e. The third kappa shape index (κ3) is 15.3. The molecule has 3 aromatic carbocycles. The number of benzene rings is 3. The van der Waals surface area contributed by atoms with Gasteiger partial charge in [-0.2, -0.15) is 4.31 Å². The van der Waals surface area contributed by atoms with Gasteiger partial charge in [-0.25, -0.2) is 26.6 Å². The standard InChI is InChI=1S/C45H66Cl2N6O7S2/c1-9-12-14-16-18-20-25-52(26-21-19-17-15-13-10-2)62(59,60)41-31-37(46)40(30-38(41)47)50-45(54)43(42-33(5)28-34(6)44(35(42)7)53(55)56)49-39-23-22-36(29-32(39)4)51(11-3)27-24-48-61(8,57)58/h22-23,28-31,48H,9-21,24-27H2,1-8H3,(H,50,54). The minimum absolute atomic E-state index is 0.0389. The second-order valence-electron chi connectivity index (χ2n) is 15.9. The van der Waals surface area contributed by atoms with E-state index in [1.165, 1.54) is 16.4 Å². The zero-order chi connectivity index (χ0) is 46.2. The van der Waals surface area contributed by atoms with Gasteiger partial charge in [-0.3, -0.25) is 14.9 Å². The number of nitrogens with zero attached hydrogens (tertiary/aromatic N) is 4. The third-order valence-electron chi connectivity index (χ3n) is 10.9. The highest BCUT2D eigenvalue weighted by atomic mass is 35.5. The van der Waals surface area contributed by atoms with Gasteiger partial charge in [0.1, 0.15) is 10.6 Å². The van der Waals surface area contributed by atoms with Crippen LogP contribution in [0.15, 0.2) is 46.3 Å². The lowest BCUT2D eigenvalue weighted by molar-refractivity contribution is -0.386. The monoisotopic (exact) mass is 936 g/mol. The Kier molecular flexibility index (Phi) is 21.3. The zero-order valence-corrected chi connectivity index (χ0v) is 40.8. The summed E-state index contributed by atoms with van der Waals surface area (Å²) in [5.41, 5.74) is 3.15. The first-order chi connectivity index (χ1) is 29.3. The zero-order valence-electron chi connectivity index (χ0n) is 37.7. The topological polar surface area (TPSA) is 171 Å². The summed E-state index contributed by atoms with van der Waals surface area (Å²) in [6.45, 7) is 14.9. The number of hydrogen-bond acceptors (Lipinski definition) is 9. The highest BCUT2D eigenvalue weighted by Gasteiger charge is 2.30. The molecule has 3 rings (SSSR count). The summed E-state index contributed by atoms with van der Waals surface area (Å²) in [5, 5.41) is 14.9. The van der Waals surface area contributed by atoms with E-state index in [0.717, 1.165) is 89.0 Å². The molecule has 17 heteroatoms. The van der Waals surface area contributed by atoms with E-state index in [-0.39, 0.29) is 49.7 Å². The third-order valence-corrected chi connectivity index (χ3v) is 14.3. The lowest BCUT2D eigenvalue weighted by atomic mass is 9.93. The van der Waals surface area contributed by atoms with Crippen LogP contribution in [0.25, 0.3) is 0 Å². The second kappa shape index (κ2) is 25.0. The number of hydrogen-bond donors (Lipinski definition) is 2. The number of anilines is 2. The number of aryl methyl sites for hydroxylation is 3. The fourth-order valence-corrected chi connectivity index (χ4v) is 10.4. The molecule has 0 atom stereocenters. The van der Waals surface area contributed by atoms with Crippen LogP contribution in [0.4, 0.5) is 22.7 Å². The van der Waals surface area contributed by atoms with Gasteiger partial charge in [0.25, 0.3) is 11.6 Å². The molecule has 0 heterocycles. The molecule has 0 bridgehead atoms. The van der Waals surface area contributed by atoms with Crippen LogP contribution in [-0.4, -0.2) is 76.7 Å². The van der Waals surface area contributed by atoms with E-state index in [2.05, 4.69) is 23.9 Å². The van der Waals surface area contributed by atoms with Crippen molar-refractivity contribution in [3.63, 3.8) is 0 Å². The largest absolute Gasteiger partial charge is 0.370 e. The minimum Gasteiger partial charge on any atom is -0.370 e. The van der Waals surface area contributed by atoms with Gasteiger partial charge < -0.3 is 10.2 Å².